The summed E-state index contributed by atoms with van der Waals surface area (Å²) in [7, 11) is -2.77. The number of para-hydroxylation sites is 1. The second kappa shape index (κ2) is 10.9. The molecule has 0 fully saturated rings. The number of amides is 1. The van der Waals surface area contributed by atoms with Crippen LogP contribution in [0.5, 0.6) is 5.75 Å². The predicted molar refractivity (Wildman–Crippen MR) is 154 cm³/mol. The fraction of sp³-hybridized carbons (Fsp3) is 0.161. The van der Waals surface area contributed by atoms with Gasteiger partial charge >= 0.3 is 0 Å². The lowest BCUT2D eigenvalue weighted by Crippen LogP contribution is -2.56. The van der Waals surface area contributed by atoms with Crippen molar-refractivity contribution in [3.63, 3.8) is 0 Å². The summed E-state index contributed by atoms with van der Waals surface area (Å²) < 4.78 is 34.9. The van der Waals surface area contributed by atoms with Crippen molar-refractivity contribution in [2.24, 2.45) is 0 Å². The van der Waals surface area contributed by atoms with Crippen LogP contribution in [0.15, 0.2) is 108 Å². The van der Waals surface area contributed by atoms with Crippen molar-refractivity contribution in [1.29, 1.82) is 0 Å². The van der Waals surface area contributed by atoms with E-state index in [4.69, 9.17) is 16.3 Å². The number of Topliss-reactive ketones (excluding diaryl/α,β-unsaturated/α-hetero) is 1. The number of hydrogen-bond acceptors (Lipinski definition) is 5. The predicted octanol–water partition coefficient (Wildman–Crippen LogP) is 5.21. The van der Waals surface area contributed by atoms with E-state index in [0.717, 1.165) is 11.1 Å². The standard InChI is InChI=1S/C31H27ClN2O5S/c1-21-12-18-25(19-13-21)40(37,38)33-29(28(35)23-14-16-24(39-2)17-15-23)31(32)26-10-6-7-11-27(26)34(30(31)36)20-22-8-4-3-5-9-22/h3-19,29,33H,20H2,1-2H3/t29?,31-/m1/s1. The summed E-state index contributed by atoms with van der Waals surface area (Å²) >= 11 is 7.24. The molecule has 4 aromatic carbocycles. The second-order valence-electron chi connectivity index (χ2n) is 9.57. The Morgan fingerprint density at radius 2 is 1.55 bits per heavy atom. The first-order valence-electron chi connectivity index (χ1n) is 12.6. The largest absolute Gasteiger partial charge is 0.497 e. The van der Waals surface area contributed by atoms with Crippen LogP contribution in [0.2, 0.25) is 0 Å². The number of ketones is 1. The van der Waals surface area contributed by atoms with Gasteiger partial charge in [0, 0.05) is 16.8 Å². The van der Waals surface area contributed by atoms with Gasteiger partial charge in [0.25, 0.3) is 5.91 Å². The Hall–Kier alpha value is -3.98. The molecule has 0 bridgehead atoms. The van der Waals surface area contributed by atoms with Gasteiger partial charge in [0.05, 0.1) is 18.6 Å². The van der Waals surface area contributed by atoms with Gasteiger partial charge in [-0.1, -0.05) is 66.2 Å². The van der Waals surface area contributed by atoms with E-state index in [-0.39, 0.29) is 17.0 Å². The quantitative estimate of drug-likeness (QED) is 0.219. The van der Waals surface area contributed by atoms with Gasteiger partial charge in [-0.05, 0) is 55.0 Å². The number of carbonyl (C=O) groups is 2. The number of alkyl halides is 1. The molecule has 1 amide bonds. The number of carbonyl (C=O) groups excluding carboxylic acids is 2. The summed E-state index contributed by atoms with van der Waals surface area (Å²) in [4.78, 5) is 27.7. The highest BCUT2D eigenvalue weighted by Gasteiger charge is 2.58. The van der Waals surface area contributed by atoms with Crippen LogP contribution in [0.4, 0.5) is 5.69 Å². The van der Waals surface area contributed by atoms with E-state index in [1.807, 2.05) is 37.3 Å². The zero-order chi connectivity index (χ0) is 28.5. The lowest BCUT2D eigenvalue weighted by Gasteiger charge is -2.31. The number of sulfonamides is 1. The van der Waals surface area contributed by atoms with E-state index in [0.29, 0.717) is 17.0 Å². The molecule has 0 saturated carbocycles. The molecule has 7 nitrogen and oxygen atoms in total. The van der Waals surface area contributed by atoms with Gasteiger partial charge in [0.1, 0.15) is 11.8 Å². The van der Waals surface area contributed by atoms with Crippen molar-refractivity contribution in [2.45, 2.75) is 29.3 Å². The zero-order valence-corrected chi connectivity index (χ0v) is 23.4. The van der Waals surface area contributed by atoms with Gasteiger partial charge in [0.2, 0.25) is 10.0 Å². The summed E-state index contributed by atoms with van der Waals surface area (Å²) in [6.07, 6.45) is 0. The van der Waals surface area contributed by atoms with Crippen LogP contribution in [-0.4, -0.2) is 33.3 Å². The van der Waals surface area contributed by atoms with Crippen LogP contribution in [0.1, 0.15) is 27.0 Å². The first kappa shape index (κ1) is 27.6. The van der Waals surface area contributed by atoms with Crippen LogP contribution in [-0.2, 0) is 26.2 Å². The molecule has 4 aromatic rings. The molecular formula is C31H27ClN2O5S. The maximum Gasteiger partial charge on any atom is 0.255 e. The van der Waals surface area contributed by atoms with Gasteiger partial charge in [-0.2, -0.15) is 4.72 Å². The molecule has 0 radical (unpaired) electrons. The molecule has 2 atom stereocenters. The van der Waals surface area contributed by atoms with E-state index in [1.165, 1.54) is 36.3 Å². The Kier molecular flexibility index (Phi) is 7.51. The maximum absolute atomic E-state index is 14.2. The fourth-order valence-corrected chi connectivity index (χ4v) is 6.52. The summed E-state index contributed by atoms with van der Waals surface area (Å²) in [5.41, 5.74) is 2.74. The molecule has 1 aliphatic heterocycles. The Balaban J connectivity index is 1.63. The number of aryl methyl sites for hydroxylation is 1. The van der Waals surface area contributed by atoms with Crippen molar-refractivity contribution < 1.29 is 22.7 Å². The summed E-state index contributed by atoms with van der Waals surface area (Å²) in [5.74, 6) is -0.735. The molecule has 0 aromatic heterocycles. The third-order valence-electron chi connectivity index (χ3n) is 6.97. The molecule has 40 heavy (non-hydrogen) atoms. The lowest BCUT2D eigenvalue weighted by molar-refractivity contribution is -0.121. The van der Waals surface area contributed by atoms with E-state index < -0.39 is 32.6 Å². The monoisotopic (exact) mass is 574 g/mol. The van der Waals surface area contributed by atoms with E-state index >= 15 is 0 Å². The smallest absolute Gasteiger partial charge is 0.255 e. The minimum absolute atomic E-state index is 0.0502. The maximum atomic E-state index is 14.2. The molecule has 0 saturated heterocycles. The molecule has 5 rings (SSSR count). The molecule has 9 heteroatoms. The first-order chi connectivity index (χ1) is 19.1. The number of rotatable bonds is 9. The van der Waals surface area contributed by atoms with Crippen LogP contribution in [0, 0.1) is 6.92 Å². The first-order valence-corrected chi connectivity index (χ1v) is 14.4. The highest BCUT2D eigenvalue weighted by molar-refractivity contribution is 7.89. The van der Waals surface area contributed by atoms with Crippen molar-refractivity contribution in [1.82, 2.24) is 4.72 Å². The third-order valence-corrected chi connectivity index (χ3v) is 8.99. The zero-order valence-electron chi connectivity index (χ0n) is 21.9. The molecule has 1 aliphatic rings. The number of benzene rings is 4. The third kappa shape index (κ3) is 5.01. The van der Waals surface area contributed by atoms with Crippen molar-refractivity contribution in [3.8, 4) is 5.75 Å². The van der Waals surface area contributed by atoms with Crippen LogP contribution in [0.3, 0.4) is 0 Å². The van der Waals surface area contributed by atoms with Crippen molar-refractivity contribution >= 4 is 39.0 Å². The minimum atomic E-state index is -4.27. The summed E-state index contributed by atoms with van der Waals surface area (Å²) in [6, 6.07) is 27.0. The van der Waals surface area contributed by atoms with Crippen molar-refractivity contribution in [2.75, 3.05) is 12.0 Å². The van der Waals surface area contributed by atoms with Gasteiger partial charge in [-0.3, -0.25) is 9.59 Å². The lowest BCUT2D eigenvalue weighted by atomic mass is 9.87. The van der Waals surface area contributed by atoms with Gasteiger partial charge < -0.3 is 9.64 Å². The van der Waals surface area contributed by atoms with E-state index in [2.05, 4.69) is 4.72 Å². The molecule has 0 spiro atoms. The Morgan fingerprint density at radius 3 is 2.20 bits per heavy atom. The number of nitrogens with one attached hydrogen (secondary N) is 1. The van der Waals surface area contributed by atoms with Crippen LogP contribution < -0.4 is 14.4 Å². The van der Waals surface area contributed by atoms with E-state index in [1.54, 1.807) is 48.5 Å². The summed E-state index contributed by atoms with van der Waals surface area (Å²) in [5, 5.41) is 0. The molecule has 204 valence electrons. The highest BCUT2D eigenvalue weighted by Crippen LogP contribution is 2.48. The number of hydrogen-bond donors (Lipinski definition) is 1. The average molecular weight is 575 g/mol. The number of anilines is 1. The van der Waals surface area contributed by atoms with Crippen molar-refractivity contribution in [3.05, 3.63) is 125 Å². The number of methoxy groups -OCH3 is 1. The topological polar surface area (TPSA) is 92.8 Å². The summed E-state index contributed by atoms with van der Waals surface area (Å²) in [6.45, 7) is 2.03. The average Bonchev–Trinajstić information content (AvgIpc) is 3.19. The Morgan fingerprint density at radius 1 is 0.925 bits per heavy atom. The Labute approximate surface area is 238 Å². The normalized spacial score (nSPS) is 17.4. The number of nitrogens with zero attached hydrogens (tertiary/aromatic N) is 1. The van der Waals surface area contributed by atoms with Gasteiger partial charge in [-0.15, -0.1) is 11.6 Å². The number of ether oxygens (including phenoxy) is 1. The molecule has 1 unspecified atom stereocenters. The van der Waals surface area contributed by atoms with E-state index in [9.17, 15) is 18.0 Å². The highest BCUT2D eigenvalue weighted by atomic mass is 35.5. The minimum Gasteiger partial charge on any atom is -0.497 e. The fourth-order valence-electron chi connectivity index (χ4n) is 4.82. The van der Waals surface area contributed by atoms with Gasteiger partial charge in [0.15, 0.2) is 10.7 Å². The number of fused-ring (bicyclic) bond motifs is 1. The molecule has 0 aliphatic carbocycles. The second-order valence-corrected chi connectivity index (χ2v) is 11.9. The molecule has 1 heterocycles. The number of halogens is 1. The van der Waals surface area contributed by atoms with Gasteiger partial charge in [-0.25, -0.2) is 8.42 Å². The SMILES string of the molecule is COc1ccc(C(=O)C(NS(=O)(=O)c2ccc(C)cc2)[C@@]2(Cl)C(=O)N(Cc3ccccc3)c3ccccc32)cc1. The Bertz CT molecular complexity index is 1660. The molecular weight excluding hydrogens is 548 g/mol. The van der Waals surface area contributed by atoms with Crippen LogP contribution >= 0.6 is 11.6 Å². The van der Waals surface area contributed by atoms with Crippen LogP contribution in [0.25, 0.3) is 0 Å². The molecule has 1 N–H and O–H groups in total.